The maximum absolute atomic E-state index is 12.9. The van der Waals surface area contributed by atoms with Crippen LogP contribution in [0.5, 0.6) is 0 Å². The van der Waals surface area contributed by atoms with E-state index in [0.717, 1.165) is 17.0 Å². The van der Waals surface area contributed by atoms with Gasteiger partial charge in [0.2, 0.25) is 5.91 Å². The van der Waals surface area contributed by atoms with E-state index in [-0.39, 0.29) is 11.5 Å². The first-order valence-electron chi connectivity index (χ1n) is 8.58. The van der Waals surface area contributed by atoms with Crippen LogP contribution in [0.15, 0.2) is 34.0 Å². The minimum absolute atomic E-state index is 0.0570. The Kier molecular flexibility index (Phi) is 5.27. The number of aryl methyl sites for hydroxylation is 2. The monoisotopic (exact) mass is 357 g/mol. The average molecular weight is 357 g/mol. The second-order valence-corrected chi connectivity index (χ2v) is 7.93. The molecule has 2 aromatic rings. The third kappa shape index (κ3) is 3.95. The van der Waals surface area contributed by atoms with E-state index in [1.165, 1.54) is 0 Å². The number of nitrogens with one attached hydrogen (secondary N) is 1. The molecule has 6 heteroatoms. The van der Waals surface area contributed by atoms with Gasteiger partial charge in [-0.1, -0.05) is 19.1 Å². The summed E-state index contributed by atoms with van der Waals surface area (Å²) in [6.07, 6.45) is 1.67. The van der Waals surface area contributed by atoms with Crippen LogP contribution in [0.25, 0.3) is 0 Å². The maximum atomic E-state index is 12.9. The molecule has 0 saturated carbocycles. The molecule has 1 aromatic carbocycles. The number of carbonyl (C=O) groups excluding carboxylic acids is 1. The summed E-state index contributed by atoms with van der Waals surface area (Å²) in [5.41, 5.74) is 2.15. The van der Waals surface area contributed by atoms with Gasteiger partial charge in [0.25, 0.3) is 5.56 Å². The Bertz CT molecular complexity index is 847. The lowest BCUT2D eigenvalue weighted by molar-refractivity contribution is -0.118. The minimum atomic E-state index is -0.141. The zero-order valence-corrected chi connectivity index (χ0v) is 15.7. The quantitative estimate of drug-likeness (QED) is 0.916. The van der Waals surface area contributed by atoms with Gasteiger partial charge in [-0.2, -0.15) is 0 Å². The van der Waals surface area contributed by atoms with Crippen molar-refractivity contribution in [3.63, 3.8) is 0 Å². The second kappa shape index (κ2) is 7.44. The Labute approximate surface area is 151 Å². The van der Waals surface area contributed by atoms with E-state index in [1.807, 2.05) is 41.8 Å². The van der Waals surface area contributed by atoms with Crippen LogP contribution in [0.3, 0.4) is 0 Å². The molecule has 1 unspecified atom stereocenters. The fourth-order valence-electron chi connectivity index (χ4n) is 3.16. The summed E-state index contributed by atoms with van der Waals surface area (Å²) in [6, 6.07) is 8.05. The first kappa shape index (κ1) is 17.7. The molecule has 132 valence electrons. The highest BCUT2D eigenvalue weighted by atomic mass is 32.2. The number of hydrogen-bond donors (Lipinski definition) is 1. The van der Waals surface area contributed by atoms with Gasteiger partial charge in [0.15, 0.2) is 0 Å². The van der Waals surface area contributed by atoms with Crippen molar-refractivity contribution < 1.29 is 4.79 Å². The number of amides is 1. The van der Waals surface area contributed by atoms with E-state index in [4.69, 9.17) is 0 Å². The number of rotatable bonds is 3. The van der Waals surface area contributed by atoms with Gasteiger partial charge in [0.1, 0.15) is 5.82 Å². The lowest BCUT2D eigenvalue weighted by atomic mass is 10.1. The number of hydrogen-bond acceptors (Lipinski definition) is 4. The van der Waals surface area contributed by atoms with Gasteiger partial charge < -0.3 is 9.88 Å². The predicted molar refractivity (Wildman–Crippen MR) is 101 cm³/mol. The summed E-state index contributed by atoms with van der Waals surface area (Å²) in [5.74, 6) is 0.659. The van der Waals surface area contributed by atoms with E-state index in [9.17, 15) is 9.59 Å². The number of benzene rings is 1. The van der Waals surface area contributed by atoms with E-state index in [0.29, 0.717) is 41.7 Å². The summed E-state index contributed by atoms with van der Waals surface area (Å²) < 4.78 is 0. The van der Waals surface area contributed by atoms with Gasteiger partial charge in [-0.3, -0.25) is 9.59 Å². The maximum Gasteiger partial charge on any atom is 0.254 e. The molecule has 25 heavy (non-hydrogen) atoms. The fraction of sp³-hybridized carbons (Fsp3) is 0.421. The van der Waals surface area contributed by atoms with Crippen LogP contribution in [0, 0.1) is 13.8 Å². The third-order valence-corrected chi connectivity index (χ3v) is 5.71. The van der Waals surface area contributed by atoms with Crippen molar-refractivity contribution in [2.45, 2.75) is 50.2 Å². The van der Waals surface area contributed by atoms with Crippen molar-refractivity contribution in [3.8, 4) is 0 Å². The van der Waals surface area contributed by atoms with Gasteiger partial charge in [-0.15, -0.1) is 11.8 Å². The highest BCUT2D eigenvalue weighted by molar-refractivity contribution is 8.00. The van der Waals surface area contributed by atoms with Crippen LogP contribution >= 0.6 is 11.8 Å². The fourth-order valence-corrected chi connectivity index (χ4v) is 4.27. The number of nitrogens with zero attached hydrogens (tertiary/aromatic N) is 2. The lowest BCUT2D eigenvalue weighted by Gasteiger charge is -2.22. The molecule has 5 nitrogen and oxygen atoms in total. The van der Waals surface area contributed by atoms with E-state index in [2.05, 4.69) is 23.0 Å². The molecule has 0 radical (unpaired) electrons. The Hall–Kier alpha value is -2.08. The third-order valence-electron chi connectivity index (χ3n) is 4.47. The SMILES string of the molecule is Cc1nc(C)c(CCC(=O)N2CCC(C)Sc3ccccc32)c(=O)[nH]1. The zero-order valence-electron chi connectivity index (χ0n) is 14.8. The molecule has 0 spiro atoms. The van der Waals surface area contributed by atoms with Crippen molar-refractivity contribution in [1.29, 1.82) is 0 Å². The summed E-state index contributed by atoms with van der Waals surface area (Å²) in [4.78, 5) is 35.0. The van der Waals surface area contributed by atoms with Gasteiger partial charge >= 0.3 is 0 Å². The molecular formula is C19H23N3O2S. The molecule has 2 heterocycles. The Balaban J connectivity index is 1.79. The van der Waals surface area contributed by atoms with Crippen LogP contribution < -0.4 is 10.5 Å². The standard InChI is InChI=1S/C19H23N3O2S/c1-12-10-11-22(16-6-4-5-7-17(16)25-12)18(23)9-8-15-13(2)20-14(3)21-19(15)24/h4-7,12H,8-11H2,1-3H3,(H,20,21,24). The number of H-pyrrole nitrogens is 1. The molecule has 0 saturated heterocycles. The molecule has 1 atom stereocenters. The van der Waals surface area contributed by atoms with E-state index < -0.39 is 0 Å². The number of thioether (sulfide) groups is 1. The highest BCUT2D eigenvalue weighted by Crippen LogP contribution is 2.37. The number of para-hydroxylation sites is 1. The smallest absolute Gasteiger partial charge is 0.254 e. The van der Waals surface area contributed by atoms with Crippen LogP contribution in [0.1, 0.15) is 36.8 Å². The van der Waals surface area contributed by atoms with Crippen molar-refractivity contribution in [1.82, 2.24) is 9.97 Å². The van der Waals surface area contributed by atoms with Gasteiger partial charge in [-0.05, 0) is 38.8 Å². The minimum Gasteiger partial charge on any atom is -0.311 e. The molecule has 1 N–H and O–H groups in total. The first-order valence-corrected chi connectivity index (χ1v) is 9.46. The largest absolute Gasteiger partial charge is 0.311 e. The van der Waals surface area contributed by atoms with Crippen molar-refractivity contribution >= 4 is 23.4 Å². The number of carbonyl (C=O) groups is 1. The Morgan fingerprint density at radius 2 is 2.12 bits per heavy atom. The molecule has 1 aliphatic rings. The number of aromatic amines is 1. The number of anilines is 1. The molecule has 1 aromatic heterocycles. The van der Waals surface area contributed by atoms with Crippen molar-refractivity contribution in [2.75, 3.05) is 11.4 Å². The molecular weight excluding hydrogens is 334 g/mol. The molecule has 1 aliphatic heterocycles. The lowest BCUT2D eigenvalue weighted by Crippen LogP contribution is -2.33. The van der Waals surface area contributed by atoms with Crippen molar-refractivity contribution in [3.05, 3.63) is 51.7 Å². The predicted octanol–water partition coefficient (Wildman–Crippen LogP) is 3.24. The average Bonchev–Trinajstić information content (AvgIpc) is 2.71. The molecule has 1 amide bonds. The zero-order chi connectivity index (χ0) is 18.0. The summed E-state index contributed by atoms with van der Waals surface area (Å²) in [7, 11) is 0. The van der Waals surface area contributed by atoms with E-state index in [1.54, 1.807) is 6.92 Å². The van der Waals surface area contributed by atoms with Crippen molar-refractivity contribution in [2.24, 2.45) is 0 Å². The van der Waals surface area contributed by atoms with Gasteiger partial charge in [0.05, 0.1) is 5.69 Å². The first-order chi connectivity index (χ1) is 12.0. The van der Waals surface area contributed by atoms with Gasteiger partial charge in [-0.25, -0.2) is 4.98 Å². The van der Waals surface area contributed by atoms with E-state index >= 15 is 0 Å². The van der Waals surface area contributed by atoms with Crippen LogP contribution in [0.2, 0.25) is 0 Å². The number of fused-ring (bicyclic) bond motifs is 1. The Morgan fingerprint density at radius 1 is 1.36 bits per heavy atom. The number of aromatic nitrogens is 2. The van der Waals surface area contributed by atoms with Gasteiger partial charge in [0, 0.05) is 34.4 Å². The second-order valence-electron chi connectivity index (χ2n) is 6.45. The molecule has 0 fully saturated rings. The Morgan fingerprint density at radius 3 is 2.88 bits per heavy atom. The highest BCUT2D eigenvalue weighted by Gasteiger charge is 2.24. The van der Waals surface area contributed by atoms with Crippen LogP contribution in [0.4, 0.5) is 5.69 Å². The van der Waals surface area contributed by atoms with Crippen LogP contribution in [-0.4, -0.2) is 27.7 Å². The topological polar surface area (TPSA) is 66.1 Å². The molecule has 0 aliphatic carbocycles. The molecule has 3 rings (SSSR count). The van der Waals surface area contributed by atoms with Crippen LogP contribution in [-0.2, 0) is 11.2 Å². The normalized spacial score (nSPS) is 17.1. The summed E-state index contributed by atoms with van der Waals surface area (Å²) in [5, 5.41) is 0.477. The summed E-state index contributed by atoms with van der Waals surface area (Å²) in [6.45, 7) is 6.49. The summed E-state index contributed by atoms with van der Waals surface area (Å²) >= 11 is 1.82. The molecule has 0 bridgehead atoms.